The molecule has 0 saturated heterocycles. The summed E-state index contributed by atoms with van der Waals surface area (Å²) >= 11 is 5.32. The van der Waals surface area contributed by atoms with Gasteiger partial charge in [0.1, 0.15) is 5.17 Å². The van der Waals surface area contributed by atoms with Gasteiger partial charge in [0.25, 0.3) is 0 Å². The molecule has 14 heavy (non-hydrogen) atoms. The Morgan fingerprint density at radius 3 is 1.79 bits per heavy atom. The summed E-state index contributed by atoms with van der Waals surface area (Å²) in [6.07, 6.45) is 0. The third-order valence-corrected chi connectivity index (χ3v) is 2.87. The monoisotopic (exact) mass is 251 g/mol. The highest BCUT2D eigenvalue weighted by atomic mass is 35.5. The van der Waals surface area contributed by atoms with Gasteiger partial charge in [-0.1, -0.05) is 32.4 Å². The summed E-state index contributed by atoms with van der Waals surface area (Å²) in [5.74, 6) is 0. The normalized spacial score (nSPS) is 15.8. The zero-order valence-corrected chi connectivity index (χ0v) is 9.26. The molecule has 0 aromatic heterocycles. The summed E-state index contributed by atoms with van der Waals surface area (Å²) in [6, 6.07) is 0. The minimum absolute atomic E-state index is 0.602. The van der Waals surface area contributed by atoms with Gasteiger partial charge in [-0.2, -0.15) is 21.6 Å². The average Bonchev–Trinajstić information content (AvgIpc) is 1.80. The van der Waals surface area contributed by atoms with Crippen LogP contribution in [0, 0.1) is 5.41 Å². The zero-order chi connectivity index (χ0) is 11.8. The molecule has 0 unspecified atom stereocenters. The van der Waals surface area contributed by atoms with Crippen LogP contribution in [0.4, 0.5) is 13.2 Å². The second-order valence-electron chi connectivity index (χ2n) is 3.55. The van der Waals surface area contributed by atoms with Gasteiger partial charge in [0, 0.05) is 5.41 Å². The van der Waals surface area contributed by atoms with E-state index in [1.54, 1.807) is 0 Å². The van der Waals surface area contributed by atoms with E-state index in [4.69, 9.17) is 11.6 Å². The smallest absolute Gasteiger partial charge is 0.195 e. The predicted octanol–water partition coefficient (Wildman–Crippen LogP) is 2.52. The van der Waals surface area contributed by atoms with Gasteiger partial charge in [-0.05, 0) is 0 Å². The van der Waals surface area contributed by atoms with Crippen molar-refractivity contribution in [2.24, 2.45) is 9.81 Å². The second kappa shape index (κ2) is 3.69. The summed E-state index contributed by atoms with van der Waals surface area (Å²) in [7, 11) is -5.52. The van der Waals surface area contributed by atoms with Crippen molar-refractivity contribution in [3.63, 3.8) is 0 Å². The van der Waals surface area contributed by atoms with Crippen molar-refractivity contribution in [1.29, 1.82) is 0 Å². The lowest BCUT2D eigenvalue weighted by Crippen LogP contribution is -2.24. The third kappa shape index (κ3) is 3.45. The molecule has 0 heterocycles. The highest BCUT2D eigenvalue weighted by Crippen LogP contribution is 2.28. The first-order valence-electron chi connectivity index (χ1n) is 3.45. The number of nitrogens with zero attached hydrogens (tertiary/aromatic N) is 1. The molecule has 0 aliphatic carbocycles. The van der Waals surface area contributed by atoms with E-state index in [0.717, 1.165) is 0 Å². The summed E-state index contributed by atoms with van der Waals surface area (Å²) in [6.45, 7) is 4.35. The lowest BCUT2D eigenvalue weighted by atomic mass is 9.99. The van der Waals surface area contributed by atoms with E-state index in [2.05, 4.69) is 4.40 Å². The third-order valence-electron chi connectivity index (χ3n) is 1.11. The Kier molecular flexibility index (Phi) is 3.61. The van der Waals surface area contributed by atoms with E-state index in [-0.39, 0.29) is 0 Å². The average molecular weight is 252 g/mol. The van der Waals surface area contributed by atoms with Crippen LogP contribution in [0.2, 0.25) is 0 Å². The van der Waals surface area contributed by atoms with Crippen LogP contribution in [-0.2, 0) is 10.0 Å². The van der Waals surface area contributed by atoms with Crippen molar-refractivity contribution < 1.29 is 21.6 Å². The van der Waals surface area contributed by atoms with Crippen molar-refractivity contribution in [2.45, 2.75) is 26.3 Å². The highest BCUT2D eigenvalue weighted by molar-refractivity contribution is 7.91. The van der Waals surface area contributed by atoms with Crippen LogP contribution in [0.5, 0.6) is 0 Å². The Morgan fingerprint density at radius 1 is 1.21 bits per heavy atom. The molecular weight excluding hydrogens is 243 g/mol. The number of hydrogen-bond donors (Lipinski definition) is 0. The van der Waals surface area contributed by atoms with Crippen LogP contribution in [0.3, 0.4) is 0 Å². The fraction of sp³-hybridized carbons (Fsp3) is 0.833. The van der Waals surface area contributed by atoms with Gasteiger partial charge < -0.3 is 0 Å². The van der Waals surface area contributed by atoms with Gasteiger partial charge in [0.05, 0.1) is 0 Å². The lowest BCUT2D eigenvalue weighted by molar-refractivity contribution is -0.0435. The standard InChI is InChI=1S/C6H9ClF3NO2S/c1-5(2,3)4(7)11-14(12,13)6(8,9)10/h1-3H3. The number of hydrogen-bond acceptors (Lipinski definition) is 2. The molecular formula is C6H9ClF3NO2S. The molecule has 0 aliphatic heterocycles. The first-order chi connectivity index (χ1) is 5.88. The Morgan fingerprint density at radius 2 is 1.57 bits per heavy atom. The topological polar surface area (TPSA) is 46.5 Å². The van der Waals surface area contributed by atoms with Gasteiger partial charge in [-0.3, -0.25) is 0 Å². The molecule has 0 rings (SSSR count). The number of rotatable bonds is 1. The molecule has 3 nitrogen and oxygen atoms in total. The van der Waals surface area contributed by atoms with Crippen molar-refractivity contribution in [3.8, 4) is 0 Å². The van der Waals surface area contributed by atoms with Crippen LogP contribution in [0.15, 0.2) is 4.40 Å². The minimum atomic E-state index is -5.52. The molecule has 0 spiro atoms. The Hall–Kier alpha value is -0.300. The van der Waals surface area contributed by atoms with E-state index >= 15 is 0 Å². The Balaban J connectivity index is 5.23. The summed E-state index contributed by atoms with van der Waals surface area (Å²) < 4.78 is 59.0. The predicted molar refractivity (Wildman–Crippen MR) is 47.7 cm³/mol. The molecule has 0 aliphatic rings. The molecule has 0 aromatic rings. The van der Waals surface area contributed by atoms with Crippen molar-refractivity contribution in [3.05, 3.63) is 0 Å². The largest absolute Gasteiger partial charge is 0.518 e. The quantitative estimate of drug-likeness (QED) is 0.672. The highest BCUT2D eigenvalue weighted by Gasteiger charge is 2.46. The van der Waals surface area contributed by atoms with Crippen LogP contribution in [-0.4, -0.2) is 19.1 Å². The van der Waals surface area contributed by atoms with Gasteiger partial charge in [0.15, 0.2) is 0 Å². The molecule has 0 N–H and O–H groups in total. The zero-order valence-electron chi connectivity index (χ0n) is 7.68. The molecule has 0 fully saturated rings. The van der Waals surface area contributed by atoms with Crippen LogP contribution < -0.4 is 0 Å². The van der Waals surface area contributed by atoms with E-state index in [0.29, 0.717) is 0 Å². The molecule has 0 bridgehead atoms. The van der Waals surface area contributed by atoms with Gasteiger partial charge in [0.2, 0.25) is 0 Å². The second-order valence-corrected chi connectivity index (χ2v) is 5.51. The molecule has 0 radical (unpaired) electrons. The summed E-state index contributed by atoms with van der Waals surface area (Å²) in [5.41, 5.74) is -6.34. The van der Waals surface area contributed by atoms with E-state index in [1.807, 2.05) is 0 Å². The number of alkyl halides is 3. The Labute approximate surface area is 85.0 Å². The molecule has 0 aromatic carbocycles. The number of sulfonamides is 1. The van der Waals surface area contributed by atoms with Crippen LogP contribution in [0.1, 0.15) is 20.8 Å². The lowest BCUT2D eigenvalue weighted by Gasteiger charge is -2.15. The van der Waals surface area contributed by atoms with Crippen LogP contribution in [0.25, 0.3) is 0 Å². The minimum Gasteiger partial charge on any atom is -0.195 e. The summed E-state index contributed by atoms with van der Waals surface area (Å²) in [4.78, 5) is 0. The van der Waals surface area contributed by atoms with Crippen molar-refractivity contribution in [1.82, 2.24) is 0 Å². The maximum Gasteiger partial charge on any atom is 0.518 e. The summed E-state index contributed by atoms with van der Waals surface area (Å²) in [5, 5.41) is -0.602. The first kappa shape index (κ1) is 13.7. The van der Waals surface area contributed by atoms with Gasteiger partial charge in [-0.25, -0.2) is 0 Å². The van der Waals surface area contributed by atoms with E-state index < -0.39 is 26.1 Å². The first-order valence-corrected chi connectivity index (χ1v) is 5.27. The fourth-order valence-electron chi connectivity index (χ4n) is 0.294. The van der Waals surface area contributed by atoms with Gasteiger partial charge in [-0.15, -0.1) is 4.40 Å². The van der Waals surface area contributed by atoms with E-state index in [9.17, 15) is 21.6 Å². The number of halogens is 4. The molecule has 84 valence electrons. The van der Waals surface area contributed by atoms with Crippen molar-refractivity contribution >= 4 is 26.8 Å². The van der Waals surface area contributed by atoms with Crippen molar-refractivity contribution in [2.75, 3.05) is 0 Å². The maximum atomic E-state index is 11.8. The van der Waals surface area contributed by atoms with Crippen LogP contribution >= 0.6 is 11.6 Å². The molecule has 8 heteroatoms. The fourth-order valence-corrected chi connectivity index (χ4v) is 1.16. The van der Waals surface area contributed by atoms with Gasteiger partial charge >= 0.3 is 15.5 Å². The molecule has 0 atom stereocenters. The van der Waals surface area contributed by atoms with E-state index in [1.165, 1.54) is 20.8 Å². The maximum absolute atomic E-state index is 11.8. The Bertz CT molecular complexity index is 339. The molecule has 0 saturated carbocycles. The molecule has 0 amide bonds. The SMILES string of the molecule is CC(C)(C)C(Cl)=NS(=O)(=O)C(F)(F)F.